The minimum atomic E-state index is -0.848. The Bertz CT molecular complexity index is 918. The zero-order valence-electron chi connectivity index (χ0n) is 33.6. The van der Waals surface area contributed by atoms with E-state index in [9.17, 15) is 30.0 Å². The molecule has 8 heteroatoms. The summed E-state index contributed by atoms with van der Waals surface area (Å²) < 4.78 is 10.6. The first-order valence-electron chi connectivity index (χ1n) is 21.5. The average molecular weight is 737 g/mol. The molecule has 1 aliphatic carbocycles. The topological polar surface area (TPSA) is 134 Å². The lowest BCUT2D eigenvalue weighted by Gasteiger charge is -2.19. The van der Waals surface area contributed by atoms with Crippen LogP contribution in [0.3, 0.4) is 0 Å². The van der Waals surface area contributed by atoms with Crippen molar-refractivity contribution in [3.05, 3.63) is 24.3 Å². The largest absolute Gasteiger partial charge is 0.462 e. The average Bonchev–Trinajstić information content (AvgIpc) is 3.39. The van der Waals surface area contributed by atoms with E-state index in [1.54, 1.807) is 6.08 Å². The first-order chi connectivity index (χ1) is 25.2. The van der Waals surface area contributed by atoms with Crippen LogP contribution in [0.25, 0.3) is 0 Å². The Hall–Kier alpha value is -1.74. The van der Waals surface area contributed by atoms with E-state index in [1.165, 1.54) is 83.5 Å². The van der Waals surface area contributed by atoms with Gasteiger partial charge >= 0.3 is 11.9 Å². The molecule has 52 heavy (non-hydrogen) atoms. The zero-order chi connectivity index (χ0) is 38.2. The number of ether oxygens (including phenoxy) is 2. The van der Waals surface area contributed by atoms with Crippen molar-refractivity contribution >= 4 is 11.9 Å². The van der Waals surface area contributed by atoms with Crippen LogP contribution in [0.4, 0.5) is 0 Å². The Kier molecular flexibility index (Phi) is 30.3. The van der Waals surface area contributed by atoms with Crippen molar-refractivity contribution < 1.29 is 39.5 Å². The van der Waals surface area contributed by atoms with Gasteiger partial charge in [0.1, 0.15) is 6.61 Å². The summed E-state index contributed by atoms with van der Waals surface area (Å²) in [7, 11) is 0. The Balaban J connectivity index is 2.06. The van der Waals surface area contributed by atoms with Crippen LogP contribution in [-0.4, -0.2) is 70.0 Å². The molecule has 0 aliphatic heterocycles. The van der Waals surface area contributed by atoms with E-state index in [0.29, 0.717) is 38.5 Å². The van der Waals surface area contributed by atoms with E-state index < -0.39 is 37.0 Å². The van der Waals surface area contributed by atoms with Crippen LogP contribution < -0.4 is 0 Å². The summed E-state index contributed by atoms with van der Waals surface area (Å²) in [6, 6.07) is 0. The van der Waals surface area contributed by atoms with Gasteiger partial charge in [0, 0.05) is 25.2 Å². The van der Waals surface area contributed by atoms with E-state index in [-0.39, 0.29) is 30.8 Å². The maximum absolute atomic E-state index is 12.2. The number of hydrogen-bond acceptors (Lipinski definition) is 8. The molecule has 4 N–H and O–H groups in total. The standard InChI is InChI=1S/C44H80O8/c1-4-5-21-27-37(46)31-32-40-39(41(47)33-42(40)48)28-23-19-20-24-29-43(49)51-35-38(34-45)52-44(50)30-25-18-16-14-12-10-8-6-7-9-11-13-15-17-22-26-36(2)3/h19,23,31-32,36-42,45-48H,4-18,20-22,24-30,33-35H2,1-3H3/b23-19+,32-31+/t37-,38-,39+,40+,41-,42+/m0/s1. The van der Waals surface area contributed by atoms with Gasteiger partial charge < -0.3 is 29.9 Å². The molecule has 6 atom stereocenters. The normalized spacial score (nSPS) is 20.3. The molecule has 1 fully saturated rings. The van der Waals surface area contributed by atoms with Crippen LogP contribution in [-0.2, 0) is 19.1 Å². The zero-order valence-corrected chi connectivity index (χ0v) is 33.6. The second-order valence-electron chi connectivity index (χ2n) is 15.9. The van der Waals surface area contributed by atoms with Gasteiger partial charge in [0.2, 0.25) is 0 Å². The molecule has 0 aromatic heterocycles. The summed E-state index contributed by atoms with van der Waals surface area (Å²) in [5, 5.41) is 40.7. The fourth-order valence-corrected chi connectivity index (χ4v) is 7.15. The second kappa shape index (κ2) is 32.7. The van der Waals surface area contributed by atoms with E-state index in [1.807, 2.05) is 18.2 Å². The van der Waals surface area contributed by atoms with Crippen molar-refractivity contribution in [1.29, 1.82) is 0 Å². The number of hydrogen-bond donors (Lipinski definition) is 4. The molecule has 0 spiro atoms. The van der Waals surface area contributed by atoms with Gasteiger partial charge in [-0.2, -0.15) is 0 Å². The Morgan fingerprint density at radius 1 is 0.712 bits per heavy atom. The molecule has 1 aliphatic rings. The van der Waals surface area contributed by atoms with E-state index in [2.05, 4.69) is 20.8 Å². The fraction of sp³-hybridized carbons (Fsp3) is 0.864. The lowest BCUT2D eigenvalue weighted by Crippen LogP contribution is -2.28. The van der Waals surface area contributed by atoms with Gasteiger partial charge in [0.15, 0.2) is 6.10 Å². The maximum atomic E-state index is 12.2. The van der Waals surface area contributed by atoms with E-state index in [4.69, 9.17) is 9.47 Å². The van der Waals surface area contributed by atoms with Gasteiger partial charge in [-0.3, -0.25) is 9.59 Å². The molecule has 0 heterocycles. The highest BCUT2D eigenvalue weighted by molar-refractivity contribution is 5.70. The summed E-state index contributed by atoms with van der Waals surface area (Å²) in [4.78, 5) is 24.5. The van der Waals surface area contributed by atoms with Crippen molar-refractivity contribution in [1.82, 2.24) is 0 Å². The van der Waals surface area contributed by atoms with Gasteiger partial charge in [-0.25, -0.2) is 0 Å². The highest BCUT2D eigenvalue weighted by Gasteiger charge is 2.39. The maximum Gasteiger partial charge on any atom is 0.306 e. The highest BCUT2D eigenvalue weighted by atomic mass is 16.6. The number of unbranched alkanes of at least 4 members (excludes halogenated alkanes) is 17. The summed E-state index contributed by atoms with van der Waals surface area (Å²) in [5.74, 6) is -0.244. The third kappa shape index (κ3) is 26.1. The third-order valence-electron chi connectivity index (χ3n) is 10.5. The lowest BCUT2D eigenvalue weighted by atomic mass is 9.89. The van der Waals surface area contributed by atoms with Gasteiger partial charge in [-0.1, -0.05) is 161 Å². The predicted octanol–water partition coefficient (Wildman–Crippen LogP) is 9.69. The number of aliphatic hydroxyl groups is 4. The van der Waals surface area contributed by atoms with Crippen LogP contribution in [0.1, 0.15) is 188 Å². The monoisotopic (exact) mass is 737 g/mol. The molecule has 0 bridgehead atoms. The molecule has 304 valence electrons. The molecular formula is C44H80O8. The SMILES string of the molecule is CCCCC[C@H](O)/C=C/[C@@H]1[C@@H](C/C=C/CCCC(=O)OC[C@H](CO)OC(=O)CCCCCCCCCCCCCCCCCC(C)C)[C@@H](O)C[C@H]1O. The number of allylic oxidation sites excluding steroid dienone is 2. The summed E-state index contributed by atoms with van der Waals surface area (Å²) >= 11 is 0. The van der Waals surface area contributed by atoms with Gasteiger partial charge in [-0.05, 0) is 43.9 Å². The van der Waals surface area contributed by atoms with E-state index in [0.717, 1.165) is 44.4 Å². The molecule has 0 amide bonds. The number of aliphatic hydroxyl groups excluding tert-OH is 4. The first kappa shape index (κ1) is 48.3. The third-order valence-corrected chi connectivity index (χ3v) is 10.5. The molecule has 1 rings (SSSR count). The van der Waals surface area contributed by atoms with Gasteiger partial charge in [0.05, 0.1) is 24.9 Å². The summed E-state index contributed by atoms with van der Waals surface area (Å²) in [5.41, 5.74) is 0. The van der Waals surface area contributed by atoms with Crippen molar-refractivity contribution in [3.63, 3.8) is 0 Å². The van der Waals surface area contributed by atoms with Gasteiger partial charge in [-0.15, -0.1) is 0 Å². The van der Waals surface area contributed by atoms with Crippen LogP contribution in [0.2, 0.25) is 0 Å². The molecule has 0 aromatic carbocycles. The van der Waals surface area contributed by atoms with E-state index >= 15 is 0 Å². The van der Waals surface area contributed by atoms with Crippen molar-refractivity contribution in [2.75, 3.05) is 13.2 Å². The molecule has 0 aromatic rings. The predicted molar refractivity (Wildman–Crippen MR) is 212 cm³/mol. The van der Waals surface area contributed by atoms with Gasteiger partial charge in [0.25, 0.3) is 0 Å². The smallest absolute Gasteiger partial charge is 0.306 e. The molecule has 8 nitrogen and oxygen atoms in total. The number of esters is 2. The van der Waals surface area contributed by atoms with Crippen LogP contribution in [0.15, 0.2) is 24.3 Å². The molecule has 0 unspecified atom stereocenters. The minimum absolute atomic E-state index is 0.119. The Labute approximate surface area is 318 Å². The lowest BCUT2D eigenvalue weighted by molar-refractivity contribution is -0.161. The number of carbonyl (C=O) groups excluding carboxylic acids is 2. The minimum Gasteiger partial charge on any atom is -0.462 e. The van der Waals surface area contributed by atoms with Crippen LogP contribution in [0.5, 0.6) is 0 Å². The molecule has 0 radical (unpaired) electrons. The number of rotatable bonds is 34. The molecule has 1 saturated carbocycles. The quantitative estimate of drug-likeness (QED) is 0.0292. The first-order valence-corrected chi connectivity index (χ1v) is 21.5. The highest BCUT2D eigenvalue weighted by Crippen LogP contribution is 2.36. The fourth-order valence-electron chi connectivity index (χ4n) is 7.15. The molecule has 0 saturated heterocycles. The molecular weight excluding hydrogens is 656 g/mol. The second-order valence-corrected chi connectivity index (χ2v) is 15.9. The van der Waals surface area contributed by atoms with Crippen molar-refractivity contribution in [3.8, 4) is 0 Å². The number of carbonyl (C=O) groups is 2. The van der Waals surface area contributed by atoms with Crippen molar-refractivity contribution in [2.45, 2.75) is 212 Å². The van der Waals surface area contributed by atoms with Crippen LogP contribution in [0, 0.1) is 17.8 Å². The van der Waals surface area contributed by atoms with Crippen LogP contribution >= 0.6 is 0 Å². The summed E-state index contributed by atoms with van der Waals surface area (Å²) in [6.07, 6.45) is 31.9. The van der Waals surface area contributed by atoms with Crippen molar-refractivity contribution in [2.24, 2.45) is 17.8 Å². The Morgan fingerprint density at radius 2 is 1.27 bits per heavy atom. The summed E-state index contributed by atoms with van der Waals surface area (Å²) in [6.45, 7) is 6.20. The Morgan fingerprint density at radius 3 is 1.85 bits per heavy atom.